The van der Waals surface area contributed by atoms with Crippen molar-refractivity contribution in [1.82, 2.24) is 0 Å². The van der Waals surface area contributed by atoms with Crippen LogP contribution in [0.3, 0.4) is 0 Å². The fourth-order valence-electron chi connectivity index (χ4n) is 1.39. The van der Waals surface area contributed by atoms with E-state index in [4.69, 9.17) is 18.0 Å². The lowest BCUT2D eigenvalue weighted by molar-refractivity contribution is 0.0737. The first-order valence-electron chi connectivity index (χ1n) is 4.95. The van der Waals surface area contributed by atoms with Gasteiger partial charge in [-0.05, 0) is 31.0 Å². The van der Waals surface area contributed by atoms with E-state index in [1.54, 1.807) is 24.3 Å². The number of benzene rings is 1. The molecule has 2 heteroatoms. The number of halogens is 1. The van der Waals surface area contributed by atoms with Crippen molar-refractivity contribution in [2.24, 2.45) is 5.41 Å². The van der Waals surface area contributed by atoms with Crippen molar-refractivity contribution in [1.29, 1.82) is 0 Å². The Morgan fingerprint density at radius 2 is 2.00 bits per heavy atom. The Balaban J connectivity index is 2.99. The van der Waals surface area contributed by atoms with Crippen molar-refractivity contribution in [3.63, 3.8) is 0 Å². The Hall–Kier alpha value is -0.970. The zero-order chi connectivity index (χ0) is 11.5. The smallest absolute Gasteiger partial charge is 0.0952 e. The molecule has 1 rings (SSSR count). The van der Waals surface area contributed by atoms with Gasteiger partial charge in [0.2, 0.25) is 0 Å². The summed E-state index contributed by atoms with van der Waals surface area (Å²) in [4.78, 5) is 0. The Morgan fingerprint density at radius 1 is 1.47 bits per heavy atom. The van der Waals surface area contributed by atoms with E-state index in [9.17, 15) is 5.11 Å². The van der Waals surface area contributed by atoms with Crippen LogP contribution >= 0.6 is 11.6 Å². The maximum absolute atomic E-state index is 10.1. The highest BCUT2D eigenvalue weighted by Gasteiger charge is 2.30. The maximum Gasteiger partial charge on any atom is 0.0952 e. The molecular formula is C13H15ClO. The molecule has 0 aliphatic heterocycles. The molecule has 0 spiro atoms. The second kappa shape index (κ2) is 4.70. The van der Waals surface area contributed by atoms with Gasteiger partial charge in [0.25, 0.3) is 0 Å². The molecule has 1 aromatic rings. The quantitative estimate of drug-likeness (QED) is 0.777. The zero-order valence-electron chi connectivity index (χ0n) is 9.00. The van der Waals surface area contributed by atoms with Gasteiger partial charge < -0.3 is 5.11 Å². The Labute approximate surface area is 96.1 Å². The first-order chi connectivity index (χ1) is 7.03. The van der Waals surface area contributed by atoms with Crippen LogP contribution in [-0.4, -0.2) is 5.11 Å². The summed E-state index contributed by atoms with van der Waals surface area (Å²) in [5.74, 6) is 2.66. The molecule has 0 saturated heterocycles. The topological polar surface area (TPSA) is 20.2 Å². The van der Waals surface area contributed by atoms with Crippen LogP contribution in [0.25, 0.3) is 0 Å². The van der Waals surface area contributed by atoms with E-state index in [0.29, 0.717) is 5.02 Å². The molecular weight excluding hydrogens is 208 g/mol. The third kappa shape index (κ3) is 2.53. The minimum absolute atomic E-state index is 0.520. The normalized spacial score (nSPS) is 16.5. The van der Waals surface area contributed by atoms with Gasteiger partial charge >= 0.3 is 0 Å². The third-order valence-corrected chi connectivity index (χ3v) is 3.11. The van der Waals surface area contributed by atoms with Crippen molar-refractivity contribution in [2.75, 3.05) is 0 Å². The van der Waals surface area contributed by atoms with Gasteiger partial charge in [-0.1, -0.05) is 36.6 Å². The minimum atomic E-state index is -0.648. The molecule has 80 valence electrons. The van der Waals surface area contributed by atoms with Crippen LogP contribution in [0.5, 0.6) is 0 Å². The highest BCUT2D eigenvalue weighted by atomic mass is 35.5. The summed E-state index contributed by atoms with van der Waals surface area (Å²) in [6.45, 7) is 3.85. The average Bonchev–Trinajstić information content (AvgIpc) is 2.28. The Kier molecular flexibility index (Phi) is 3.79. The SMILES string of the molecule is C#CC(C)(CC)C(O)c1ccc(Cl)cc1. The molecule has 2 atom stereocenters. The number of hydrogen-bond acceptors (Lipinski definition) is 1. The van der Waals surface area contributed by atoms with Gasteiger partial charge in [0.05, 0.1) is 11.5 Å². The lowest BCUT2D eigenvalue weighted by atomic mass is 9.79. The summed E-state index contributed by atoms with van der Waals surface area (Å²) in [7, 11) is 0. The van der Waals surface area contributed by atoms with E-state index in [1.165, 1.54) is 0 Å². The van der Waals surface area contributed by atoms with E-state index >= 15 is 0 Å². The van der Waals surface area contributed by atoms with Gasteiger partial charge in [-0.15, -0.1) is 6.42 Å². The summed E-state index contributed by atoms with van der Waals surface area (Å²) < 4.78 is 0. The van der Waals surface area contributed by atoms with Gasteiger partial charge in [0, 0.05) is 5.02 Å². The molecule has 0 saturated carbocycles. The second-order valence-electron chi connectivity index (χ2n) is 3.87. The van der Waals surface area contributed by atoms with Gasteiger partial charge in [-0.3, -0.25) is 0 Å². The highest BCUT2D eigenvalue weighted by molar-refractivity contribution is 6.30. The molecule has 0 aliphatic rings. The van der Waals surface area contributed by atoms with E-state index in [2.05, 4.69) is 5.92 Å². The molecule has 0 fully saturated rings. The van der Waals surface area contributed by atoms with Crippen molar-refractivity contribution in [3.05, 3.63) is 34.9 Å². The largest absolute Gasteiger partial charge is 0.387 e. The van der Waals surface area contributed by atoms with E-state index in [0.717, 1.165) is 12.0 Å². The molecule has 1 N–H and O–H groups in total. The zero-order valence-corrected chi connectivity index (χ0v) is 9.75. The van der Waals surface area contributed by atoms with Crippen molar-refractivity contribution >= 4 is 11.6 Å². The number of aliphatic hydroxyl groups is 1. The first-order valence-corrected chi connectivity index (χ1v) is 5.32. The molecule has 0 radical (unpaired) electrons. The number of aliphatic hydroxyl groups excluding tert-OH is 1. The molecule has 0 heterocycles. The van der Waals surface area contributed by atoms with Crippen LogP contribution in [-0.2, 0) is 0 Å². The van der Waals surface area contributed by atoms with Gasteiger partial charge in [0.1, 0.15) is 0 Å². The number of terminal acetylenes is 1. The minimum Gasteiger partial charge on any atom is -0.387 e. The number of rotatable bonds is 3. The fraction of sp³-hybridized carbons (Fsp3) is 0.385. The summed E-state index contributed by atoms with van der Waals surface area (Å²) in [5, 5.41) is 10.8. The molecule has 15 heavy (non-hydrogen) atoms. The van der Waals surface area contributed by atoms with Crippen LogP contribution in [0.15, 0.2) is 24.3 Å². The molecule has 0 bridgehead atoms. The summed E-state index contributed by atoms with van der Waals surface area (Å²) in [6, 6.07) is 7.12. The lowest BCUT2D eigenvalue weighted by Gasteiger charge is -2.28. The van der Waals surface area contributed by atoms with Crippen LogP contribution in [0, 0.1) is 17.8 Å². The maximum atomic E-state index is 10.1. The molecule has 0 aliphatic carbocycles. The lowest BCUT2D eigenvalue weighted by Crippen LogP contribution is -2.22. The van der Waals surface area contributed by atoms with Crippen LogP contribution in [0.1, 0.15) is 31.9 Å². The number of hydrogen-bond donors (Lipinski definition) is 1. The van der Waals surface area contributed by atoms with Gasteiger partial charge in [0.15, 0.2) is 0 Å². The molecule has 1 aromatic carbocycles. The molecule has 2 unspecified atom stereocenters. The van der Waals surface area contributed by atoms with E-state index in [1.807, 2.05) is 13.8 Å². The predicted molar refractivity (Wildman–Crippen MR) is 63.6 cm³/mol. The van der Waals surface area contributed by atoms with Crippen molar-refractivity contribution in [3.8, 4) is 12.3 Å². The third-order valence-electron chi connectivity index (χ3n) is 2.85. The first kappa shape index (κ1) is 12.1. The van der Waals surface area contributed by atoms with E-state index in [-0.39, 0.29) is 0 Å². The standard InChI is InChI=1S/C13H15ClO/c1-4-13(3,5-2)12(15)10-6-8-11(14)9-7-10/h1,6-9,12,15H,5H2,2-3H3. The van der Waals surface area contributed by atoms with Crippen molar-refractivity contribution < 1.29 is 5.11 Å². The van der Waals surface area contributed by atoms with Crippen LogP contribution in [0.4, 0.5) is 0 Å². The van der Waals surface area contributed by atoms with Gasteiger partial charge in [-0.2, -0.15) is 0 Å². The molecule has 1 nitrogen and oxygen atoms in total. The highest BCUT2D eigenvalue weighted by Crippen LogP contribution is 2.36. The predicted octanol–water partition coefficient (Wildman–Crippen LogP) is 3.42. The fourth-order valence-corrected chi connectivity index (χ4v) is 1.51. The van der Waals surface area contributed by atoms with Crippen LogP contribution < -0.4 is 0 Å². The van der Waals surface area contributed by atoms with Crippen molar-refractivity contribution in [2.45, 2.75) is 26.4 Å². The Bertz CT molecular complexity index is 363. The molecule has 0 aromatic heterocycles. The summed E-state index contributed by atoms with van der Waals surface area (Å²) >= 11 is 5.78. The summed E-state index contributed by atoms with van der Waals surface area (Å²) in [6.07, 6.45) is 5.53. The second-order valence-corrected chi connectivity index (χ2v) is 4.31. The Morgan fingerprint density at radius 3 is 2.40 bits per heavy atom. The monoisotopic (exact) mass is 222 g/mol. The summed E-state index contributed by atoms with van der Waals surface area (Å²) in [5.41, 5.74) is 0.287. The van der Waals surface area contributed by atoms with Gasteiger partial charge in [-0.25, -0.2) is 0 Å². The van der Waals surface area contributed by atoms with E-state index < -0.39 is 11.5 Å². The average molecular weight is 223 g/mol. The van der Waals surface area contributed by atoms with Crippen LogP contribution in [0.2, 0.25) is 5.02 Å². The molecule has 0 amide bonds.